The molecular formula is C17H18N2O. The van der Waals surface area contributed by atoms with E-state index in [2.05, 4.69) is 22.0 Å². The van der Waals surface area contributed by atoms with Gasteiger partial charge >= 0.3 is 0 Å². The second-order valence-corrected chi connectivity index (χ2v) is 5.10. The fourth-order valence-electron chi connectivity index (χ4n) is 2.70. The molecule has 1 aliphatic rings. The molecule has 0 N–H and O–H groups in total. The number of fused-ring (bicyclic) bond motifs is 1. The lowest BCUT2D eigenvalue weighted by molar-refractivity contribution is 0.0984. The predicted molar refractivity (Wildman–Crippen MR) is 80.2 cm³/mol. The molecule has 1 aliphatic heterocycles. The summed E-state index contributed by atoms with van der Waals surface area (Å²) in [6, 6.07) is 13.9. The smallest absolute Gasteiger partial charge is 0.165 e. The third kappa shape index (κ3) is 2.72. The lowest BCUT2D eigenvalue weighted by Crippen LogP contribution is -2.26. The number of ketones is 1. The first kappa shape index (κ1) is 12.9. The minimum Gasteiger partial charge on any atom is -0.371 e. The van der Waals surface area contributed by atoms with E-state index < -0.39 is 0 Å². The highest BCUT2D eigenvalue weighted by Gasteiger charge is 2.19. The van der Waals surface area contributed by atoms with Gasteiger partial charge < -0.3 is 4.90 Å². The van der Waals surface area contributed by atoms with Crippen LogP contribution in [-0.2, 0) is 6.42 Å². The first-order chi connectivity index (χ1) is 9.84. The molecule has 3 rings (SSSR count). The van der Waals surface area contributed by atoms with Crippen LogP contribution in [0.4, 0.5) is 5.69 Å². The molecule has 1 aromatic carbocycles. The molecule has 0 bridgehead atoms. The maximum absolute atomic E-state index is 12.1. The number of aromatic nitrogens is 1. The third-order valence-electron chi connectivity index (χ3n) is 3.74. The van der Waals surface area contributed by atoms with Gasteiger partial charge in [0.05, 0.1) is 0 Å². The van der Waals surface area contributed by atoms with E-state index >= 15 is 0 Å². The molecule has 2 heterocycles. The van der Waals surface area contributed by atoms with Gasteiger partial charge in [0.15, 0.2) is 5.78 Å². The van der Waals surface area contributed by atoms with Gasteiger partial charge in [-0.2, -0.15) is 0 Å². The summed E-state index contributed by atoms with van der Waals surface area (Å²) in [5, 5.41) is 0. The number of nitrogens with zero attached hydrogens (tertiary/aromatic N) is 2. The second kappa shape index (κ2) is 5.87. The fraction of sp³-hybridized carbons (Fsp3) is 0.294. The van der Waals surface area contributed by atoms with Gasteiger partial charge in [-0.15, -0.1) is 0 Å². The van der Waals surface area contributed by atoms with E-state index in [0.29, 0.717) is 6.42 Å². The highest BCUT2D eigenvalue weighted by molar-refractivity contribution is 6.01. The minimum atomic E-state index is 0.265. The minimum absolute atomic E-state index is 0.265. The summed E-state index contributed by atoms with van der Waals surface area (Å²) in [4.78, 5) is 18.8. The van der Waals surface area contributed by atoms with E-state index in [9.17, 15) is 4.79 Å². The second-order valence-electron chi connectivity index (χ2n) is 5.10. The molecule has 0 amide bonds. The van der Waals surface area contributed by atoms with E-state index in [0.717, 1.165) is 42.9 Å². The summed E-state index contributed by atoms with van der Waals surface area (Å²) >= 11 is 0. The summed E-state index contributed by atoms with van der Waals surface area (Å²) in [7, 11) is 0. The van der Waals surface area contributed by atoms with Crippen LogP contribution in [0, 0.1) is 0 Å². The first-order valence-corrected chi connectivity index (χ1v) is 7.12. The Morgan fingerprint density at radius 2 is 1.95 bits per heavy atom. The third-order valence-corrected chi connectivity index (χ3v) is 3.74. The van der Waals surface area contributed by atoms with Gasteiger partial charge in [-0.3, -0.25) is 9.78 Å². The Hall–Kier alpha value is -2.16. The zero-order chi connectivity index (χ0) is 13.8. The van der Waals surface area contributed by atoms with Gasteiger partial charge in [0.2, 0.25) is 0 Å². The van der Waals surface area contributed by atoms with Gasteiger partial charge in [-0.25, -0.2) is 0 Å². The summed E-state index contributed by atoms with van der Waals surface area (Å²) < 4.78 is 0. The van der Waals surface area contributed by atoms with Crippen LogP contribution >= 0.6 is 0 Å². The molecule has 0 atom stereocenters. The maximum atomic E-state index is 12.1. The topological polar surface area (TPSA) is 33.2 Å². The molecule has 0 radical (unpaired) electrons. The van der Waals surface area contributed by atoms with Crippen LogP contribution < -0.4 is 4.90 Å². The summed E-state index contributed by atoms with van der Waals surface area (Å²) in [6.07, 6.45) is 4.31. The number of para-hydroxylation sites is 1. The van der Waals surface area contributed by atoms with Crippen LogP contribution in [0.2, 0.25) is 0 Å². The average molecular weight is 266 g/mol. The molecule has 20 heavy (non-hydrogen) atoms. The van der Waals surface area contributed by atoms with Crippen LogP contribution in [0.25, 0.3) is 0 Å². The molecule has 0 unspecified atom stereocenters. The maximum Gasteiger partial charge on any atom is 0.165 e. The lowest BCUT2D eigenvalue weighted by atomic mass is 10.1. The molecule has 1 aromatic heterocycles. The summed E-state index contributed by atoms with van der Waals surface area (Å²) in [5.74, 6) is 0.265. The Morgan fingerprint density at radius 3 is 2.80 bits per heavy atom. The van der Waals surface area contributed by atoms with E-state index in [1.54, 1.807) is 0 Å². The van der Waals surface area contributed by atoms with Crippen molar-refractivity contribution in [2.45, 2.75) is 19.3 Å². The van der Waals surface area contributed by atoms with Crippen molar-refractivity contribution in [3.05, 3.63) is 59.9 Å². The van der Waals surface area contributed by atoms with Crippen molar-refractivity contribution in [1.82, 2.24) is 4.98 Å². The highest BCUT2D eigenvalue weighted by Crippen LogP contribution is 2.26. The Morgan fingerprint density at radius 1 is 1.10 bits per heavy atom. The molecule has 0 aliphatic carbocycles. The van der Waals surface area contributed by atoms with Crippen molar-refractivity contribution in [2.75, 3.05) is 18.0 Å². The summed E-state index contributed by atoms with van der Waals surface area (Å²) in [6.45, 7) is 1.84. The van der Waals surface area contributed by atoms with Gasteiger partial charge in [-0.05, 0) is 30.7 Å². The van der Waals surface area contributed by atoms with Crippen molar-refractivity contribution >= 4 is 11.5 Å². The number of carbonyl (C=O) groups excluding carboxylic acids is 1. The lowest BCUT2D eigenvalue weighted by Gasteiger charge is -2.24. The van der Waals surface area contributed by atoms with Crippen LogP contribution in [-0.4, -0.2) is 23.9 Å². The molecule has 3 nitrogen and oxygen atoms in total. The number of hydrogen-bond acceptors (Lipinski definition) is 3. The van der Waals surface area contributed by atoms with Gasteiger partial charge in [0.1, 0.15) is 0 Å². The number of anilines is 1. The fourth-order valence-corrected chi connectivity index (χ4v) is 2.70. The van der Waals surface area contributed by atoms with E-state index in [1.807, 2.05) is 36.5 Å². The highest BCUT2D eigenvalue weighted by atomic mass is 16.1. The van der Waals surface area contributed by atoms with Gasteiger partial charge in [0, 0.05) is 49.1 Å². The number of carbonyl (C=O) groups is 1. The Labute approximate surface area is 119 Å². The normalized spacial score (nSPS) is 14.8. The predicted octanol–water partition coefficient (Wildman–Crippen LogP) is 3.11. The monoisotopic (exact) mass is 266 g/mol. The van der Waals surface area contributed by atoms with E-state index in [-0.39, 0.29) is 5.78 Å². The molecular weight excluding hydrogens is 248 g/mol. The SMILES string of the molecule is O=C1CCCN(CCc2ccccn2)c2ccccc21. The van der Waals surface area contributed by atoms with Crippen LogP contribution in [0.5, 0.6) is 0 Å². The molecule has 102 valence electrons. The van der Waals surface area contributed by atoms with Gasteiger partial charge in [0.25, 0.3) is 0 Å². The number of benzene rings is 1. The van der Waals surface area contributed by atoms with Crippen LogP contribution in [0.1, 0.15) is 28.9 Å². The van der Waals surface area contributed by atoms with Crippen molar-refractivity contribution in [1.29, 1.82) is 0 Å². The molecule has 0 fully saturated rings. The van der Waals surface area contributed by atoms with Crippen molar-refractivity contribution in [2.24, 2.45) is 0 Å². The van der Waals surface area contributed by atoms with E-state index in [1.165, 1.54) is 0 Å². The number of Topliss-reactive ketones (excluding diaryl/α,β-unsaturated/α-hetero) is 1. The average Bonchev–Trinajstić information content (AvgIpc) is 2.66. The van der Waals surface area contributed by atoms with Crippen molar-refractivity contribution in [3.8, 4) is 0 Å². The Bertz CT molecular complexity index is 595. The van der Waals surface area contributed by atoms with Gasteiger partial charge in [-0.1, -0.05) is 18.2 Å². The molecule has 0 saturated heterocycles. The number of hydrogen-bond donors (Lipinski definition) is 0. The largest absolute Gasteiger partial charge is 0.371 e. The Balaban J connectivity index is 1.79. The standard InChI is InChI=1S/C17H18N2O/c20-17-9-5-12-19(16-8-2-1-7-15(16)17)13-10-14-6-3-4-11-18-14/h1-4,6-8,11H,5,9-10,12-13H2. The van der Waals surface area contributed by atoms with Crippen LogP contribution in [0.3, 0.4) is 0 Å². The molecule has 2 aromatic rings. The Kier molecular flexibility index (Phi) is 3.77. The summed E-state index contributed by atoms with van der Waals surface area (Å²) in [5.41, 5.74) is 3.04. The van der Waals surface area contributed by atoms with Crippen molar-refractivity contribution in [3.63, 3.8) is 0 Å². The zero-order valence-corrected chi connectivity index (χ0v) is 11.5. The van der Waals surface area contributed by atoms with E-state index in [4.69, 9.17) is 0 Å². The quantitative estimate of drug-likeness (QED) is 0.856. The molecule has 0 saturated carbocycles. The molecule has 0 spiro atoms. The van der Waals surface area contributed by atoms with Crippen molar-refractivity contribution < 1.29 is 4.79 Å². The first-order valence-electron chi connectivity index (χ1n) is 7.12. The van der Waals surface area contributed by atoms with Crippen LogP contribution in [0.15, 0.2) is 48.7 Å². The number of rotatable bonds is 3. The molecule has 3 heteroatoms. The number of pyridine rings is 1. The zero-order valence-electron chi connectivity index (χ0n) is 11.5.